The van der Waals surface area contributed by atoms with E-state index in [2.05, 4.69) is 5.32 Å². The van der Waals surface area contributed by atoms with E-state index >= 15 is 0 Å². The average molecular weight is 328 g/mol. The molecule has 1 fully saturated rings. The van der Waals surface area contributed by atoms with Crippen LogP contribution in [0.2, 0.25) is 0 Å². The number of carbonyl (C=O) groups is 3. The molecular formula is C18H20N2O4. The second-order valence-electron chi connectivity index (χ2n) is 6.08. The minimum absolute atomic E-state index is 0.00912. The SMILES string of the molecule is CC(=O)N1C=Cc2ccccc2C1CC(=O)OCC1CCC(=O)N1. The van der Waals surface area contributed by atoms with Gasteiger partial charge in [-0.15, -0.1) is 0 Å². The first-order chi connectivity index (χ1) is 11.5. The molecule has 0 saturated carbocycles. The maximum Gasteiger partial charge on any atom is 0.308 e. The van der Waals surface area contributed by atoms with Gasteiger partial charge in [0.2, 0.25) is 11.8 Å². The second kappa shape index (κ2) is 6.86. The van der Waals surface area contributed by atoms with Crippen LogP contribution in [-0.2, 0) is 19.1 Å². The van der Waals surface area contributed by atoms with E-state index in [0.29, 0.717) is 12.8 Å². The maximum atomic E-state index is 12.2. The zero-order chi connectivity index (χ0) is 17.1. The monoisotopic (exact) mass is 328 g/mol. The fraction of sp³-hybridized carbons (Fsp3) is 0.389. The molecule has 0 bridgehead atoms. The topological polar surface area (TPSA) is 75.7 Å². The van der Waals surface area contributed by atoms with Gasteiger partial charge in [0.15, 0.2) is 0 Å². The van der Waals surface area contributed by atoms with E-state index in [1.165, 1.54) is 6.92 Å². The fourth-order valence-corrected chi connectivity index (χ4v) is 3.13. The number of nitrogens with one attached hydrogen (secondary N) is 1. The lowest BCUT2D eigenvalue weighted by atomic mass is 9.94. The van der Waals surface area contributed by atoms with Crippen molar-refractivity contribution in [1.82, 2.24) is 10.2 Å². The van der Waals surface area contributed by atoms with Crippen molar-refractivity contribution in [2.24, 2.45) is 0 Å². The van der Waals surface area contributed by atoms with Crippen LogP contribution < -0.4 is 5.32 Å². The molecule has 0 radical (unpaired) electrons. The lowest BCUT2D eigenvalue weighted by Crippen LogP contribution is -2.34. The number of benzene rings is 1. The van der Waals surface area contributed by atoms with Crippen molar-refractivity contribution in [2.75, 3.05) is 6.61 Å². The summed E-state index contributed by atoms with van der Waals surface area (Å²) in [4.78, 5) is 36.8. The molecule has 0 aromatic heterocycles. The summed E-state index contributed by atoms with van der Waals surface area (Å²) in [6.07, 6.45) is 4.82. The molecule has 1 saturated heterocycles. The summed E-state index contributed by atoms with van der Waals surface area (Å²) in [5.74, 6) is -0.510. The van der Waals surface area contributed by atoms with Gasteiger partial charge in [-0.2, -0.15) is 0 Å². The van der Waals surface area contributed by atoms with Crippen molar-refractivity contribution in [2.45, 2.75) is 38.3 Å². The quantitative estimate of drug-likeness (QED) is 0.855. The van der Waals surface area contributed by atoms with Crippen LogP contribution in [0.15, 0.2) is 30.5 Å². The van der Waals surface area contributed by atoms with Gasteiger partial charge < -0.3 is 15.0 Å². The Morgan fingerprint density at radius 2 is 2.12 bits per heavy atom. The predicted octanol–water partition coefficient (Wildman–Crippen LogP) is 1.77. The van der Waals surface area contributed by atoms with Crippen LogP contribution in [0.4, 0.5) is 0 Å². The average Bonchev–Trinajstić information content (AvgIpc) is 2.98. The van der Waals surface area contributed by atoms with E-state index in [9.17, 15) is 14.4 Å². The number of esters is 1. The van der Waals surface area contributed by atoms with Crippen LogP contribution in [-0.4, -0.2) is 35.3 Å². The molecule has 1 N–H and O–H groups in total. The highest BCUT2D eigenvalue weighted by atomic mass is 16.5. The maximum absolute atomic E-state index is 12.2. The molecule has 126 valence electrons. The number of fused-ring (bicyclic) bond motifs is 1. The molecule has 6 heteroatoms. The third-order valence-electron chi connectivity index (χ3n) is 4.36. The summed E-state index contributed by atoms with van der Waals surface area (Å²) in [7, 11) is 0. The van der Waals surface area contributed by atoms with Gasteiger partial charge in [0.25, 0.3) is 0 Å². The molecule has 2 atom stereocenters. The van der Waals surface area contributed by atoms with Gasteiger partial charge in [0, 0.05) is 19.5 Å². The predicted molar refractivity (Wildman–Crippen MR) is 87.5 cm³/mol. The van der Waals surface area contributed by atoms with Gasteiger partial charge in [0.05, 0.1) is 18.5 Å². The highest BCUT2D eigenvalue weighted by Crippen LogP contribution is 2.33. The van der Waals surface area contributed by atoms with Crippen LogP contribution in [0.25, 0.3) is 6.08 Å². The minimum atomic E-state index is -0.377. The van der Waals surface area contributed by atoms with E-state index in [1.807, 2.05) is 30.3 Å². The van der Waals surface area contributed by atoms with E-state index < -0.39 is 0 Å². The molecule has 2 amide bonds. The molecule has 2 aliphatic heterocycles. The van der Waals surface area contributed by atoms with Gasteiger partial charge in [-0.25, -0.2) is 0 Å². The van der Waals surface area contributed by atoms with Crippen molar-refractivity contribution in [3.8, 4) is 0 Å². The molecule has 0 spiro atoms. The molecule has 3 rings (SSSR count). The molecule has 0 aliphatic carbocycles. The highest BCUT2D eigenvalue weighted by molar-refractivity contribution is 5.80. The first-order valence-electron chi connectivity index (χ1n) is 8.05. The number of ether oxygens (including phenoxy) is 1. The van der Waals surface area contributed by atoms with Crippen molar-refractivity contribution in [3.63, 3.8) is 0 Å². The van der Waals surface area contributed by atoms with Gasteiger partial charge in [-0.1, -0.05) is 24.3 Å². The Labute approximate surface area is 140 Å². The normalized spacial score (nSPS) is 22.0. The van der Waals surface area contributed by atoms with Gasteiger partial charge >= 0.3 is 5.97 Å². The standard InChI is InChI=1S/C18H20N2O4/c1-12(21)20-9-8-13-4-2-3-5-15(13)16(20)10-18(23)24-11-14-6-7-17(22)19-14/h2-5,8-9,14,16H,6-7,10-11H2,1H3,(H,19,22). The van der Waals surface area contributed by atoms with Gasteiger partial charge in [0.1, 0.15) is 6.61 Å². The number of amides is 2. The number of nitrogens with zero attached hydrogens (tertiary/aromatic N) is 1. The number of carbonyl (C=O) groups excluding carboxylic acids is 3. The summed E-state index contributed by atoms with van der Waals surface area (Å²) in [6.45, 7) is 1.65. The third-order valence-corrected chi connectivity index (χ3v) is 4.36. The summed E-state index contributed by atoms with van der Waals surface area (Å²) in [5.41, 5.74) is 1.93. The fourth-order valence-electron chi connectivity index (χ4n) is 3.13. The van der Waals surface area contributed by atoms with Crippen molar-refractivity contribution < 1.29 is 19.1 Å². The lowest BCUT2D eigenvalue weighted by molar-refractivity contribution is -0.146. The molecule has 2 aliphatic rings. The van der Waals surface area contributed by atoms with E-state index in [4.69, 9.17) is 4.74 Å². The van der Waals surface area contributed by atoms with Gasteiger partial charge in [-0.05, 0) is 23.6 Å². The molecule has 2 heterocycles. The van der Waals surface area contributed by atoms with Crippen molar-refractivity contribution in [3.05, 3.63) is 41.6 Å². The minimum Gasteiger partial charge on any atom is -0.463 e. The van der Waals surface area contributed by atoms with Crippen LogP contribution in [0.3, 0.4) is 0 Å². The largest absolute Gasteiger partial charge is 0.463 e. The van der Waals surface area contributed by atoms with E-state index in [0.717, 1.165) is 11.1 Å². The first kappa shape index (κ1) is 16.2. The Morgan fingerprint density at radius 1 is 1.33 bits per heavy atom. The van der Waals surface area contributed by atoms with Crippen LogP contribution in [0, 0.1) is 0 Å². The number of hydrogen-bond donors (Lipinski definition) is 1. The molecule has 1 aromatic carbocycles. The molecule has 2 unspecified atom stereocenters. The zero-order valence-electron chi connectivity index (χ0n) is 13.5. The summed E-state index contributed by atoms with van der Waals surface area (Å²) in [6, 6.07) is 7.21. The summed E-state index contributed by atoms with van der Waals surface area (Å²) < 4.78 is 5.30. The highest BCUT2D eigenvalue weighted by Gasteiger charge is 2.29. The lowest BCUT2D eigenvalue weighted by Gasteiger charge is -2.32. The zero-order valence-corrected chi connectivity index (χ0v) is 13.5. The van der Waals surface area contributed by atoms with Crippen molar-refractivity contribution in [1.29, 1.82) is 0 Å². The number of hydrogen-bond acceptors (Lipinski definition) is 4. The second-order valence-corrected chi connectivity index (χ2v) is 6.08. The Kier molecular flexibility index (Phi) is 4.64. The van der Waals surface area contributed by atoms with Crippen LogP contribution >= 0.6 is 0 Å². The van der Waals surface area contributed by atoms with Crippen molar-refractivity contribution >= 4 is 23.9 Å². The Balaban J connectivity index is 1.67. The Bertz CT molecular complexity index is 698. The van der Waals surface area contributed by atoms with E-state index in [1.54, 1.807) is 11.1 Å². The summed E-state index contributed by atoms with van der Waals surface area (Å²) >= 11 is 0. The summed E-state index contributed by atoms with van der Waals surface area (Å²) in [5, 5.41) is 2.76. The van der Waals surface area contributed by atoms with Crippen LogP contribution in [0.5, 0.6) is 0 Å². The van der Waals surface area contributed by atoms with E-state index in [-0.39, 0.29) is 42.9 Å². The Hall–Kier alpha value is -2.63. The van der Waals surface area contributed by atoms with Gasteiger partial charge in [-0.3, -0.25) is 14.4 Å². The molecule has 24 heavy (non-hydrogen) atoms. The molecule has 6 nitrogen and oxygen atoms in total. The van der Waals surface area contributed by atoms with Crippen LogP contribution in [0.1, 0.15) is 43.4 Å². The Morgan fingerprint density at radius 3 is 2.83 bits per heavy atom. The smallest absolute Gasteiger partial charge is 0.308 e. The first-order valence-corrected chi connectivity index (χ1v) is 8.05. The molecule has 1 aromatic rings. The third kappa shape index (κ3) is 3.48. The number of rotatable bonds is 4. The molecular weight excluding hydrogens is 308 g/mol.